The van der Waals surface area contributed by atoms with Gasteiger partial charge in [-0.2, -0.15) is 0 Å². The highest BCUT2D eigenvalue weighted by atomic mass is 32.1. The predicted octanol–water partition coefficient (Wildman–Crippen LogP) is 5.08. The number of hydrogen-bond acceptors (Lipinski definition) is 6. The van der Waals surface area contributed by atoms with E-state index in [9.17, 15) is 14.4 Å². The lowest BCUT2D eigenvalue weighted by atomic mass is 10.2. The number of nitrogens with zero attached hydrogens (tertiary/aromatic N) is 2. The molecule has 0 aliphatic heterocycles. The summed E-state index contributed by atoms with van der Waals surface area (Å²) >= 11 is 2.73. The van der Waals surface area contributed by atoms with Gasteiger partial charge in [0.05, 0.1) is 16.7 Å². The fourth-order valence-electron chi connectivity index (χ4n) is 3.40. The molecule has 0 atom stereocenters. The van der Waals surface area contributed by atoms with E-state index in [1.54, 1.807) is 30.3 Å². The molecule has 5 rings (SSSR count). The Bertz CT molecular complexity index is 1520. The SMILES string of the molecule is O=C(Cn1cnc2cc(-c3ccccc3)sc2c1=O)Nc1ccc(NC(=O)c2cccs2)cc1. The molecule has 168 valence electrons. The van der Waals surface area contributed by atoms with Crippen molar-refractivity contribution in [1.82, 2.24) is 9.55 Å². The average Bonchev–Trinajstić information content (AvgIpc) is 3.54. The van der Waals surface area contributed by atoms with Gasteiger partial charge < -0.3 is 10.6 Å². The van der Waals surface area contributed by atoms with E-state index in [0.717, 1.165) is 10.4 Å². The zero-order valence-electron chi connectivity index (χ0n) is 17.7. The summed E-state index contributed by atoms with van der Waals surface area (Å²) in [7, 11) is 0. The van der Waals surface area contributed by atoms with Gasteiger partial charge in [0.15, 0.2) is 0 Å². The van der Waals surface area contributed by atoms with E-state index in [1.807, 2.05) is 47.8 Å². The van der Waals surface area contributed by atoms with Crippen molar-refractivity contribution in [2.45, 2.75) is 6.54 Å². The van der Waals surface area contributed by atoms with Crippen LogP contribution in [0.3, 0.4) is 0 Å². The summed E-state index contributed by atoms with van der Waals surface area (Å²) in [4.78, 5) is 43.5. The Morgan fingerprint density at radius 3 is 2.35 bits per heavy atom. The van der Waals surface area contributed by atoms with Crippen LogP contribution in [-0.4, -0.2) is 21.4 Å². The topological polar surface area (TPSA) is 93.1 Å². The number of hydrogen-bond donors (Lipinski definition) is 2. The number of anilines is 2. The van der Waals surface area contributed by atoms with Gasteiger partial charge in [0, 0.05) is 16.3 Å². The summed E-state index contributed by atoms with van der Waals surface area (Å²) < 4.78 is 1.82. The predicted molar refractivity (Wildman–Crippen MR) is 137 cm³/mol. The minimum atomic E-state index is -0.349. The molecular weight excluding hydrogens is 468 g/mol. The Morgan fingerprint density at radius 2 is 1.65 bits per heavy atom. The van der Waals surface area contributed by atoms with Crippen LogP contribution in [0.15, 0.2) is 89.3 Å². The van der Waals surface area contributed by atoms with Crippen LogP contribution < -0.4 is 16.2 Å². The zero-order chi connectivity index (χ0) is 23.5. The highest BCUT2D eigenvalue weighted by Gasteiger charge is 2.13. The zero-order valence-corrected chi connectivity index (χ0v) is 19.4. The van der Waals surface area contributed by atoms with Gasteiger partial charge in [-0.3, -0.25) is 19.0 Å². The van der Waals surface area contributed by atoms with Crippen molar-refractivity contribution < 1.29 is 9.59 Å². The molecule has 0 saturated carbocycles. The van der Waals surface area contributed by atoms with Gasteiger partial charge in [-0.1, -0.05) is 36.4 Å². The first-order chi connectivity index (χ1) is 16.6. The van der Waals surface area contributed by atoms with Crippen LogP contribution in [-0.2, 0) is 11.3 Å². The molecule has 0 aliphatic rings. The van der Waals surface area contributed by atoms with Gasteiger partial charge in [0.1, 0.15) is 11.2 Å². The molecule has 2 aromatic carbocycles. The first-order valence-electron chi connectivity index (χ1n) is 10.4. The first kappa shape index (κ1) is 21.7. The Balaban J connectivity index is 1.26. The van der Waals surface area contributed by atoms with E-state index < -0.39 is 0 Å². The maximum Gasteiger partial charge on any atom is 0.271 e. The minimum absolute atomic E-state index is 0.156. The van der Waals surface area contributed by atoms with E-state index >= 15 is 0 Å². The molecule has 7 nitrogen and oxygen atoms in total. The number of benzene rings is 2. The van der Waals surface area contributed by atoms with Crippen molar-refractivity contribution in [2.75, 3.05) is 10.6 Å². The lowest BCUT2D eigenvalue weighted by Gasteiger charge is -2.08. The summed E-state index contributed by atoms with van der Waals surface area (Å²) in [5, 5.41) is 7.42. The second kappa shape index (κ2) is 9.42. The molecule has 0 unspecified atom stereocenters. The molecule has 0 radical (unpaired) electrons. The number of thiophene rings is 2. The van der Waals surface area contributed by atoms with Crippen LogP contribution in [0.1, 0.15) is 9.67 Å². The van der Waals surface area contributed by atoms with Gasteiger partial charge in [0.2, 0.25) is 5.91 Å². The fraction of sp³-hybridized carbons (Fsp3) is 0.0400. The van der Waals surface area contributed by atoms with Crippen molar-refractivity contribution in [1.29, 1.82) is 0 Å². The number of fused-ring (bicyclic) bond motifs is 1. The summed E-state index contributed by atoms with van der Waals surface area (Å²) in [6, 6.07) is 22.0. The molecule has 0 spiro atoms. The number of carbonyl (C=O) groups is 2. The van der Waals surface area contributed by atoms with Gasteiger partial charge in [0.25, 0.3) is 11.5 Å². The average molecular weight is 487 g/mol. The third-order valence-electron chi connectivity index (χ3n) is 5.05. The molecule has 34 heavy (non-hydrogen) atoms. The smallest absolute Gasteiger partial charge is 0.271 e. The summed E-state index contributed by atoms with van der Waals surface area (Å²) in [5.41, 5.74) is 2.56. The highest BCUT2D eigenvalue weighted by molar-refractivity contribution is 7.22. The molecule has 2 amide bonds. The number of nitrogens with one attached hydrogen (secondary N) is 2. The highest BCUT2D eigenvalue weighted by Crippen LogP contribution is 2.30. The van der Waals surface area contributed by atoms with Gasteiger partial charge >= 0.3 is 0 Å². The molecule has 2 N–H and O–H groups in total. The minimum Gasteiger partial charge on any atom is -0.325 e. The molecule has 0 fully saturated rings. The Morgan fingerprint density at radius 1 is 0.912 bits per heavy atom. The largest absolute Gasteiger partial charge is 0.325 e. The van der Waals surface area contributed by atoms with Crippen LogP contribution in [0.4, 0.5) is 11.4 Å². The number of amides is 2. The molecule has 3 aromatic heterocycles. The van der Waals surface area contributed by atoms with Crippen molar-refractivity contribution in [2.24, 2.45) is 0 Å². The van der Waals surface area contributed by atoms with Crippen molar-refractivity contribution in [3.8, 4) is 10.4 Å². The molecular formula is C25H18N4O3S2. The molecule has 9 heteroatoms. The fourth-order valence-corrected chi connectivity index (χ4v) is 5.08. The van der Waals surface area contributed by atoms with Crippen LogP contribution in [0.2, 0.25) is 0 Å². The summed E-state index contributed by atoms with van der Waals surface area (Å²) in [6.45, 7) is -0.156. The summed E-state index contributed by atoms with van der Waals surface area (Å²) in [5.74, 6) is -0.531. The molecule has 0 saturated heterocycles. The summed E-state index contributed by atoms with van der Waals surface area (Å²) in [6.07, 6.45) is 1.40. The van der Waals surface area contributed by atoms with Crippen molar-refractivity contribution in [3.05, 3.63) is 99.7 Å². The van der Waals surface area contributed by atoms with Crippen molar-refractivity contribution >= 4 is 56.1 Å². The second-order valence-electron chi connectivity index (χ2n) is 7.43. The standard InChI is InChI=1S/C25H18N4O3S2/c30-22(27-17-8-10-18(11-9-17)28-24(31)20-7-4-12-33-20)14-29-15-26-19-13-21(34-23(19)25(29)32)16-5-2-1-3-6-16/h1-13,15H,14H2,(H,27,30)(H,28,31). The Hall–Kier alpha value is -4.08. The number of carbonyl (C=O) groups excluding carboxylic acids is 2. The molecule has 3 heterocycles. The quantitative estimate of drug-likeness (QED) is 0.350. The van der Waals surface area contributed by atoms with Gasteiger partial charge in [-0.05, 0) is 47.3 Å². The van der Waals surface area contributed by atoms with E-state index in [4.69, 9.17) is 0 Å². The van der Waals surface area contributed by atoms with E-state index in [2.05, 4.69) is 15.6 Å². The molecule has 0 aliphatic carbocycles. The lowest BCUT2D eigenvalue weighted by molar-refractivity contribution is -0.116. The van der Waals surface area contributed by atoms with Crippen LogP contribution >= 0.6 is 22.7 Å². The Labute approximate surface area is 202 Å². The van der Waals surface area contributed by atoms with Gasteiger partial charge in [-0.25, -0.2) is 4.98 Å². The normalized spacial score (nSPS) is 10.8. The number of aromatic nitrogens is 2. The van der Waals surface area contributed by atoms with E-state index in [1.165, 1.54) is 33.6 Å². The van der Waals surface area contributed by atoms with E-state index in [-0.39, 0.29) is 23.9 Å². The Kier molecular flexibility index (Phi) is 6.03. The van der Waals surface area contributed by atoms with Crippen LogP contribution in [0.5, 0.6) is 0 Å². The monoisotopic (exact) mass is 486 g/mol. The third kappa shape index (κ3) is 4.66. The number of rotatable bonds is 6. The molecule has 5 aromatic rings. The van der Waals surface area contributed by atoms with Crippen LogP contribution in [0.25, 0.3) is 20.7 Å². The van der Waals surface area contributed by atoms with Gasteiger partial charge in [-0.15, -0.1) is 22.7 Å². The van der Waals surface area contributed by atoms with E-state index in [0.29, 0.717) is 26.5 Å². The third-order valence-corrected chi connectivity index (χ3v) is 7.08. The maximum absolute atomic E-state index is 12.9. The first-order valence-corrected chi connectivity index (χ1v) is 12.1. The maximum atomic E-state index is 12.9. The molecule has 0 bridgehead atoms. The van der Waals surface area contributed by atoms with Crippen LogP contribution in [0, 0.1) is 0 Å². The van der Waals surface area contributed by atoms with Crippen molar-refractivity contribution in [3.63, 3.8) is 0 Å². The lowest BCUT2D eigenvalue weighted by Crippen LogP contribution is -2.27. The second-order valence-corrected chi connectivity index (χ2v) is 9.43.